The third kappa shape index (κ3) is 5.05. The number of rotatable bonds is 7. The lowest BCUT2D eigenvalue weighted by Crippen LogP contribution is -2.18. The van der Waals surface area contributed by atoms with Crippen molar-refractivity contribution < 1.29 is 24.2 Å². The number of hydrazone groups is 1. The number of hydrogen-bond donors (Lipinski definition) is 2. The molecule has 0 saturated heterocycles. The van der Waals surface area contributed by atoms with E-state index in [1.807, 2.05) is 13.0 Å². The molecule has 132 valence electrons. The maximum atomic E-state index is 12.0. The number of carbonyl (C=O) groups excluding carboxylic acids is 1. The second-order valence-corrected chi connectivity index (χ2v) is 6.38. The first-order valence-corrected chi connectivity index (χ1v) is 8.16. The van der Waals surface area contributed by atoms with Crippen LogP contribution in [0.2, 0.25) is 0 Å². The number of aryl methyl sites for hydroxylation is 1. The highest BCUT2D eigenvalue weighted by molar-refractivity contribution is 7.13. The molecule has 25 heavy (non-hydrogen) atoms. The molecule has 0 radical (unpaired) electrons. The van der Waals surface area contributed by atoms with Crippen LogP contribution in [0, 0.1) is 6.92 Å². The number of nitrogens with zero attached hydrogens (tertiary/aromatic N) is 1. The standard InChI is InChI=1S/C17H18N2O5S/c1-10-4-7-15(25-10)17(22)19-18-11(2)12-5-6-13(14(8-12)23-3)24-9-16(20)21/h4-8H,9H2,1-3H3,(H,19,22)(H,20,21). The summed E-state index contributed by atoms with van der Waals surface area (Å²) in [5.41, 5.74) is 3.80. The van der Waals surface area contributed by atoms with Crippen LogP contribution in [0.5, 0.6) is 11.5 Å². The lowest BCUT2D eigenvalue weighted by molar-refractivity contribution is -0.139. The van der Waals surface area contributed by atoms with Crippen LogP contribution in [-0.4, -0.2) is 36.4 Å². The van der Waals surface area contributed by atoms with Gasteiger partial charge < -0.3 is 14.6 Å². The Kier molecular flexibility index (Phi) is 6.13. The van der Waals surface area contributed by atoms with Gasteiger partial charge in [-0.3, -0.25) is 4.79 Å². The van der Waals surface area contributed by atoms with Gasteiger partial charge in [0, 0.05) is 10.4 Å². The van der Waals surface area contributed by atoms with Crippen molar-refractivity contribution in [2.24, 2.45) is 5.10 Å². The molecule has 8 heteroatoms. The van der Waals surface area contributed by atoms with E-state index in [1.165, 1.54) is 18.4 Å². The number of ether oxygens (including phenoxy) is 2. The molecule has 2 aromatic rings. The van der Waals surface area contributed by atoms with Crippen molar-refractivity contribution in [2.45, 2.75) is 13.8 Å². The number of thiophene rings is 1. The lowest BCUT2D eigenvalue weighted by atomic mass is 10.1. The topological polar surface area (TPSA) is 97.2 Å². The Morgan fingerprint density at radius 3 is 2.60 bits per heavy atom. The normalized spacial score (nSPS) is 11.1. The number of carboxylic acid groups (broad SMARTS) is 1. The van der Waals surface area contributed by atoms with Crippen molar-refractivity contribution in [1.29, 1.82) is 0 Å². The van der Waals surface area contributed by atoms with Crippen molar-refractivity contribution in [3.63, 3.8) is 0 Å². The number of carbonyl (C=O) groups is 2. The number of benzene rings is 1. The van der Waals surface area contributed by atoms with E-state index in [2.05, 4.69) is 10.5 Å². The molecular formula is C17H18N2O5S. The highest BCUT2D eigenvalue weighted by Gasteiger charge is 2.10. The summed E-state index contributed by atoms with van der Waals surface area (Å²) in [7, 11) is 1.46. The predicted octanol–water partition coefficient (Wildman–Crippen LogP) is 2.68. The molecule has 0 fully saturated rings. The minimum absolute atomic E-state index is 0.272. The largest absolute Gasteiger partial charge is 0.493 e. The summed E-state index contributed by atoms with van der Waals surface area (Å²) in [4.78, 5) is 24.2. The molecule has 2 N–H and O–H groups in total. The Balaban J connectivity index is 2.11. The van der Waals surface area contributed by atoms with E-state index in [1.54, 1.807) is 31.2 Å². The summed E-state index contributed by atoms with van der Waals surface area (Å²) in [6.45, 7) is 3.21. The van der Waals surface area contributed by atoms with Gasteiger partial charge in [-0.05, 0) is 44.2 Å². The van der Waals surface area contributed by atoms with E-state index in [0.717, 1.165) is 4.88 Å². The molecule has 0 bridgehead atoms. The zero-order valence-electron chi connectivity index (χ0n) is 14.0. The van der Waals surface area contributed by atoms with E-state index in [9.17, 15) is 9.59 Å². The zero-order valence-corrected chi connectivity index (χ0v) is 14.8. The van der Waals surface area contributed by atoms with Gasteiger partial charge in [0.2, 0.25) is 0 Å². The number of aliphatic carboxylic acids is 1. The number of carboxylic acids is 1. The van der Waals surface area contributed by atoms with E-state index >= 15 is 0 Å². The van der Waals surface area contributed by atoms with Crippen LogP contribution in [0.1, 0.15) is 27.0 Å². The van der Waals surface area contributed by atoms with Crippen molar-refractivity contribution in [1.82, 2.24) is 5.43 Å². The Morgan fingerprint density at radius 2 is 2.00 bits per heavy atom. The number of nitrogens with one attached hydrogen (secondary N) is 1. The molecule has 1 aromatic heterocycles. The smallest absolute Gasteiger partial charge is 0.341 e. The Bertz CT molecular complexity index is 813. The van der Waals surface area contributed by atoms with Gasteiger partial charge in [-0.15, -0.1) is 11.3 Å². The van der Waals surface area contributed by atoms with Gasteiger partial charge in [0.05, 0.1) is 17.7 Å². The van der Waals surface area contributed by atoms with Crippen LogP contribution in [0.25, 0.3) is 0 Å². The van der Waals surface area contributed by atoms with Crippen LogP contribution < -0.4 is 14.9 Å². The van der Waals surface area contributed by atoms with E-state index in [4.69, 9.17) is 14.6 Å². The second-order valence-electron chi connectivity index (χ2n) is 5.10. The monoisotopic (exact) mass is 362 g/mol. The quantitative estimate of drug-likeness (QED) is 0.583. The maximum Gasteiger partial charge on any atom is 0.341 e. The highest BCUT2D eigenvalue weighted by atomic mass is 32.1. The molecule has 0 aliphatic carbocycles. The number of hydrogen-bond acceptors (Lipinski definition) is 6. The summed E-state index contributed by atoms with van der Waals surface area (Å²) < 4.78 is 10.4. The third-order valence-corrected chi connectivity index (χ3v) is 4.22. The molecule has 0 atom stereocenters. The summed E-state index contributed by atoms with van der Waals surface area (Å²) in [5.74, 6) is -0.644. The fourth-order valence-electron chi connectivity index (χ4n) is 1.96. The van der Waals surface area contributed by atoms with Crippen LogP contribution >= 0.6 is 11.3 Å². The molecule has 0 unspecified atom stereocenters. The van der Waals surface area contributed by atoms with E-state index in [-0.39, 0.29) is 5.91 Å². The maximum absolute atomic E-state index is 12.0. The highest BCUT2D eigenvalue weighted by Crippen LogP contribution is 2.28. The molecule has 0 aliphatic rings. The lowest BCUT2D eigenvalue weighted by Gasteiger charge is -2.11. The van der Waals surface area contributed by atoms with Crippen LogP contribution in [-0.2, 0) is 4.79 Å². The Hall–Kier alpha value is -2.87. The third-order valence-electron chi connectivity index (χ3n) is 3.22. The first kappa shape index (κ1) is 18.5. The van der Waals surface area contributed by atoms with Gasteiger partial charge in [-0.25, -0.2) is 10.2 Å². The summed E-state index contributed by atoms with van der Waals surface area (Å²) in [5, 5.41) is 12.8. The van der Waals surface area contributed by atoms with Gasteiger partial charge in [0.15, 0.2) is 18.1 Å². The van der Waals surface area contributed by atoms with E-state index < -0.39 is 12.6 Å². The van der Waals surface area contributed by atoms with Gasteiger partial charge in [0.25, 0.3) is 5.91 Å². The predicted molar refractivity (Wildman–Crippen MR) is 94.9 cm³/mol. The molecule has 0 spiro atoms. The summed E-state index contributed by atoms with van der Waals surface area (Å²) >= 11 is 1.39. The van der Waals surface area contributed by atoms with Gasteiger partial charge in [0.1, 0.15) is 0 Å². The SMILES string of the molecule is COc1cc(C(C)=NNC(=O)c2ccc(C)s2)ccc1OCC(=O)O. The molecule has 0 aliphatic heterocycles. The Morgan fingerprint density at radius 1 is 1.24 bits per heavy atom. The van der Waals surface area contributed by atoms with Crippen molar-refractivity contribution in [3.8, 4) is 11.5 Å². The Labute approximate surface area is 148 Å². The number of methoxy groups -OCH3 is 1. The fraction of sp³-hybridized carbons (Fsp3) is 0.235. The van der Waals surface area contributed by atoms with Crippen LogP contribution in [0.4, 0.5) is 0 Å². The van der Waals surface area contributed by atoms with Crippen molar-refractivity contribution in [2.75, 3.05) is 13.7 Å². The van der Waals surface area contributed by atoms with Crippen LogP contribution in [0.3, 0.4) is 0 Å². The zero-order chi connectivity index (χ0) is 18.4. The molecule has 1 aromatic carbocycles. The minimum Gasteiger partial charge on any atom is -0.493 e. The van der Waals surface area contributed by atoms with Crippen molar-refractivity contribution in [3.05, 3.63) is 45.6 Å². The number of amides is 1. The van der Waals surface area contributed by atoms with Gasteiger partial charge in [-0.2, -0.15) is 5.10 Å². The molecule has 2 rings (SSSR count). The first-order valence-electron chi connectivity index (χ1n) is 7.34. The summed E-state index contributed by atoms with van der Waals surface area (Å²) in [6, 6.07) is 8.59. The summed E-state index contributed by atoms with van der Waals surface area (Å²) in [6.07, 6.45) is 0. The van der Waals surface area contributed by atoms with Gasteiger partial charge >= 0.3 is 5.97 Å². The second kappa shape index (κ2) is 8.29. The average molecular weight is 362 g/mol. The van der Waals surface area contributed by atoms with Gasteiger partial charge in [-0.1, -0.05) is 0 Å². The van der Waals surface area contributed by atoms with E-state index in [0.29, 0.717) is 27.7 Å². The fourth-order valence-corrected chi connectivity index (χ4v) is 2.72. The molecule has 7 nitrogen and oxygen atoms in total. The van der Waals surface area contributed by atoms with Crippen molar-refractivity contribution >= 4 is 28.9 Å². The van der Waals surface area contributed by atoms with Crippen LogP contribution in [0.15, 0.2) is 35.4 Å². The molecule has 1 amide bonds. The average Bonchev–Trinajstić information content (AvgIpc) is 3.03. The first-order chi connectivity index (χ1) is 11.9. The molecule has 0 saturated carbocycles. The minimum atomic E-state index is -1.07. The molecule has 1 heterocycles. The molecular weight excluding hydrogens is 344 g/mol.